The van der Waals surface area contributed by atoms with Crippen LogP contribution in [0.5, 0.6) is 5.75 Å². The lowest BCUT2D eigenvalue weighted by atomic mass is 10.1. The van der Waals surface area contributed by atoms with Crippen molar-refractivity contribution in [1.29, 1.82) is 0 Å². The highest BCUT2D eigenvalue weighted by Gasteiger charge is 2.26. The molecule has 0 aliphatic rings. The Morgan fingerprint density at radius 1 is 1.69 bits per heavy atom. The van der Waals surface area contributed by atoms with E-state index in [0.717, 1.165) is 6.20 Å². The molecule has 0 saturated carbocycles. The fraction of sp³-hybridized carbons (Fsp3) is 0.333. The lowest BCUT2D eigenvalue weighted by Gasteiger charge is -2.12. The highest BCUT2D eigenvalue weighted by atomic mass is 79.9. The van der Waals surface area contributed by atoms with Gasteiger partial charge in [-0.1, -0.05) is 15.9 Å². The van der Waals surface area contributed by atoms with Gasteiger partial charge in [0, 0.05) is 5.33 Å². The van der Waals surface area contributed by atoms with E-state index in [1.807, 2.05) is 0 Å². The molecule has 1 aromatic rings. The van der Waals surface area contributed by atoms with Crippen LogP contribution < -0.4 is 4.74 Å². The van der Waals surface area contributed by atoms with E-state index in [9.17, 15) is 13.6 Å². The third-order valence-electron chi connectivity index (χ3n) is 1.94. The number of hydrogen-bond acceptors (Lipinski definition) is 3. The van der Waals surface area contributed by atoms with Crippen molar-refractivity contribution in [2.24, 2.45) is 0 Å². The summed E-state index contributed by atoms with van der Waals surface area (Å²) < 4.78 is 30.2. The van der Waals surface area contributed by atoms with E-state index in [0.29, 0.717) is 0 Å². The Hall–Kier alpha value is -1.24. The van der Waals surface area contributed by atoms with Crippen molar-refractivity contribution >= 4 is 21.9 Å². The lowest BCUT2D eigenvalue weighted by Crippen LogP contribution is -2.10. The summed E-state index contributed by atoms with van der Waals surface area (Å²) in [5.74, 6) is -1.67. The van der Waals surface area contributed by atoms with Crippen molar-refractivity contribution in [2.45, 2.75) is 11.8 Å². The first-order valence-electron chi connectivity index (χ1n) is 4.16. The molecular formula is C9H8BrF2NO3. The van der Waals surface area contributed by atoms with Gasteiger partial charge in [-0.15, -0.1) is 0 Å². The molecule has 1 heterocycles. The molecular weight excluding hydrogens is 288 g/mol. The highest BCUT2D eigenvalue weighted by molar-refractivity contribution is 9.08. The summed E-state index contributed by atoms with van der Waals surface area (Å²) in [6.45, 7) is 0. The zero-order valence-corrected chi connectivity index (χ0v) is 9.79. The van der Waals surface area contributed by atoms with Gasteiger partial charge in [0.1, 0.15) is 5.75 Å². The van der Waals surface area contributed by atoms with Crippen LogP contribution in [0.4, 0.5) is 8.78 Å². The number of hydrogen-bond donors (Lipinski definition) is 1. The number of methoxy groups -OCH3 is 1. The molecule has 1 aromatic heterocycles. The number of carboxylic acids is 1. The Bertz CT molecular complexity index is 412. The molecule has 88 valence electrons. The minimum atomic E-state index is -2.93. The van der Waals surface area contributed by atoms with E-state index in [1.165, 1.54) is 7.11 Å². The second kappa shape index (κ2) is 5.20. The Balaban J connectivity index is 3.53. The van der Waals surface area contributed by atoms with Crippen LogP contribution in [0.25, 0.3) is 0 Å². The van der Waals surface area contributed by atoms with Crippen LogP contribution >= 0.6 is 15.9 Å². The Labute approximate surface area is 98.4 Å². The molecule has 0 bridgehead atoms. The molecule has 4 nitrogen and oxygen atoms in total. The van der Waals surface area contributed by atoms with Gasteiger partial charge < -0.3 is 9.84 Å². The molecule has 0 unspecified atom stereocenters. The molecule has 0 saturated heterocycles. The van der Waals surface area contributed by atoms with Crippen molar-refractivity contribution in [3.05, 3.63) is 23.0 Å². The summed E-state index contributed by atoms with van der Waals surface area (Å²) in [4.78, 5) is 14.7. The first-order chi connectivity index (χ1) is 7.52. The van der Waals surface area contributed by atoms with Gasteiger partial charge in [0.25, 0.3) is 6.43 Å². The van der Waals surface area contributed by atoms with Crippen molar-refractivity contribution < 1.29 is 23.4 Å². The Morgan fingerprint density at radius 2 is 2.31 bits per heavy atom. The van der Waals surface area contributed by atoms with Crippen LogP contribution in [0.2, 0.25) is 0 Å². The number of nitrogens with zero attached hydrogens (tertiary/aromatic N) is 1. The maximum absolute atomic E-state index is 12.8. The zero-order chi connectivity index (χ0) is 12.3. The molecule has 1 N–H and O–H groups in total. The number of pyridine rings is 1. The molecule has 0 spiro atoms. The molecule has 0 aliphatic heterocycles. The number of carboxylic acid groups (broad SMARTS) is 1. The Morgan fingerprint density at radius 3 is 2.69 bits per heavy atom. The number of aromatic nitrogens is 1. The third kappa shape index (κ3) is 2.29. The molecule has 0 aliphatic carbocycles. The molecule has 0 aromatic carbocycles. The van der Waals surface area contributed by atoms with Crippen LogP contribution in [0.3, 0.4) is 0 Å². The molecule has 16 heavy (non-hydrogen) atoms. The number of alkyl halides is 3. The summed E-state index contributed by atoms with van der Waals surface area (Å²) in [5.41, 5.74) is -1.10. The van der Waals surface area contributed by atoms with Gasteiger partial charge in [-0.3, -0.25) is 4.98 Å². The molecule has 1 rings (SSSR count). The van der Waals surface area contributed by atoms with E-state index < -0.39 is 23.5 Å². The predicted octanol–water partition coefficient (Wildman–Crippen LogP) is 2.62. The van der Waals surface area contributed by atoms with E-state index in [2.05, 4.69) is 25.7 Å². The maximum Gasteiger partial charge on any atom is 0.338 e. The molecule has 0 amide bonds. The molecule has 0 radical (unpaired) electrons. The number of carbonyl (C=O) groups is 1. The molecule has 7 heteroatoms. The summed E-state index contributed by atoms with van der Waals surface area (Å²) in [7, 11) is 1.18. The number of aromatic carboxylic acids is 1. The number of halogens is 3. The Kier molecular flexibility index (Phi) is 4.17. The summed E-state index contributed by atoms with van der Waals surface area (Å²) in [6, 6.07) is 0. The largest absolute Gasteiger partial charge is 0.495 e. The highest BCUT2D eigenvalue weighted by Crippen LogP contribution is 2.33. The van der Waals surface area contributed by atoms with Crippen LogP contribution in [-0.4, -0.2) is 23.2 Å². The zero-order valence-electron chi connectivity index (χ0n) is 8.21. The number of ether oxygens (including phenoxy) is 1. The van der Waals surface area contributed by atoms with Gasteiger partial charge in [0.05, 0.1) is 30.1 Å². The van der Waals surface area contributed by atoms with E-state index >= 15 is 0 Å². The average molecular weight is 296 g/mol. The van der Waals surface area contributed by atoms with Gasteiger partial charge in [-0.2, -0.15) is 0 Å². The monoisotopic (exact) mass is 295 g/mol. The fourth-order valence-electron chi connectivity index (χ4n) is 1.27. The van der Waals surface area contributed by atoms with Crippen molar-refractivity contribution in [3.8, 4) is 5.75 Å². The summed E-state index contributed by atoms with van der Waals surface area (Å²) in [5, 5.41) is 8.98. The first-order valence-corrected chi connectivity index (χ1v) is 5.28. The van der Waals surface area contributed by atoms with Crippen LogP contribution in [0.1, 0.15) is 28.0 Å². The lowest BCUT2D eigenvalue weighted by molar-refractivity contribution is 0.0681. The second-order valence-corrected chi connectivity index (χ2v) is 3.36. The fourth-order valence-corrected chi connectivity index (χ4v) is 1.69. The van der Waals surface area contributed by atoms with Crippen LogP contribution in [0, 0.1) is 0 Å². The van der Waals surface area contributed by atoms with Crippen molar-refractivity contribution in [1.82, 2.24) is 4.98 Å². The van der Waals surface area contributed by atoms with Crippen molar-refractivity contribution in [2.75, 3.05) is 7.11 Å². The first kappa shape index (κ1) is 12.8. The minimum absolute atomic E-state index is 0.0450. The van der Waals surface area contributed by atoms with Crippen LogP contribution in [-0.2, 0) is 5.33 Å². The topological polar surface area (TPSA) is 59.4 Å². The van der Waals surface area contributed by atoms with Gasteiger partial charge in [-0.05, 0) is 0 Å². The normalized spacial score (nSPS) is 10.6. The van der Waals surface area contributed by atoms with Gasteiger partial charge >= 0.3 is 5.97 Å². The third-order valence-corrected chi connectivity index (χ3v) is 2.47. The average Bonchev–Trinajstić information content (AvgIpc) is 2.26. The smallest absolute Gasteiger partial charge is 0.338 e. The van der Waals surface area contributed by atoms with Crippen molar-refractivity contribution in [3.63, 3.8) is 0 Å². The predicted molar refractivity (Wildman–Crippen MR) is 55.3 cm³/mol. The summed E-state index contributed by atoms with van der Waals surface area (Å²) in [6.07, 6.45) is -1.84. The minimum Gasteiger partial charge on any atom is -0.495 e. The van der Waals surface area contributed by atoms with Gasteiger partial charge in [0.2, 0.25) is 0 Å². The van der Waals surface area contributed by atoms with Gasteiger partial charge in [-0.25, -0.2) is 13.6 Å². The molecule has 0 atom stereocenters. The second-order valence-electron chi connectivity index (χ2n) is 2.80. The number of rotatable bonds is 4. The van der Waals surface area contributed by atoms with Crippen LogP contribution in [0.15, 0.2) is 6.20 Å². The molecule has 0 fully saturated rings. The SMILES string of the molecule is COc1cnc(CBr)c(C(=O)O)c1C(F)F. The standard InChI is InChI=1S/C9H8BrF2NO3/c1-16-5-3-13-4(2-10)6(9(14)15)7(5)8(11)12/h3,8H,2H2,1H3,(H,14,15). The van der Waals surface area contributed by atoms with E-state index in [-0.39, 0.29) is 16.8 Å². The van der Waals surface area contributed by atoms with E-state index in [4.69, 9.17) is 5.11 Å². The summed E-state index contributed by atoms with van der Waals surface area (Å²) >= 11 is 2.99. The quantitative estimate of drug-likeness (QED) is 0.868. The maximum atomic E-state index is 12.8. The van der Waals surface area contributed by atoms with E-state index in [1.54, 1.807) is 0 Å². The van der Waals surface area contributed by atoms with Gasteiger partial charge in [0.15, 0.2) is 0 Å².